The van der Waals surface area contributed by atoms with E-state index in [1.54, 1.807) is 12.1 Å². The van der Waals surface area contributed by atoms with Gasteiger partial charge in [-0.2, -0.15) is 0 Å². The molecule has 10 nitrogen and oxygen atoms in total. The molecule has 0 aromatic heterocycles. The molecule has 3 rings (SSSR count). The van der Waals surface area contributed by atoms with E-state index in [2.05, 4.69) is 5.32 Å². The van der Waals surface area contributed by atoms with Crippen molar-refractivity contribution in [1.82, 2.24) is 5.32 Å². The summed E-state index contributed by atoms with van der Waals surface area (Å²) in [5.41, 5.74) is -0.361. The highest BCUT2D eigenvalue weighted by molar-refractivity contribution is 7.93. The van der Waals surface area contributed by atoms with Crippen molar-refractivity contribution >= 4 is 38.9 Å². The maximum absolute atomic E-state index is 13.6. The van der Waals surface area contributed by atoms with Gasteiger partial charge in [0.1, 0.15) is 17.2 Å². The first-order valence-electron chi connectivity index (χ1n) is 9.72. The maximum Gasteiger partial charge on any atom is 0.270 e. The average molecular weight is 484 g/mol. The Morgan fingerprint density at radius 2 is 2.09 bits per heavy atom. The minimum Gasteiger partial charge on any atom is -0.495 e. The molecule has 1 fully saturated rings. The summed E-state index contributed by atoms with van der Waals surface area (Å²) < 4.78 is 38.7. The molecule has 0 saturated carbocycles. The summed E-state index contributed by atoms with van der Waals surface area (Å²) >= 11 is 6.10. The molecule has 1 N–H and O–H groups in total. The van der Waals surface area contributed by atoms with Crippen molar-refractivity contribution in [1.29, 1.82) is 0 Å². The Morgan fingerprint density at radius 1 is 1.34 bits per heavy atom. The lowest BCUT2D eigenvalue weighted by Crippen LogP contribution is -2.43. The number of hydrogen-bond donors (Lipinski definition) is 1. The first-order valence-corrected chi connectivity index (χ1v) is 11.5. The Balaban J connectivity index is 1.99. The quantitative estimate of drug-likeness (QED) is 0.429. The maximum atomic E-state index is 13.6. The van der Waals surface area contributed by atoms with Gasteiger partial charge < -0.3 is 14.8 Å². The van der Waals surface area contributed by atoms with E-state index in [0.717, 1.165) is 35.3 Å². The zero-order valence-corrected chi connectivity index (χ0v) is 18.8. The fraction of sp³-hybridized carbons (Fsp3) is 0.350. The molecule has 1 aliphatic rings. The van der Waals surface area contributed by atoms with Crippen molar-refractivity contribution in [2.45, 2.75) is 23.8 Å². The number of nitro benzene ring substituents is 1. The molecule has 12 heteroatoms. The van der Waals surface area contributed by atoms with Crippen LogP contribution in [0.1, 0.15) is 12.8 Å². The number of sulfonamides is 1. The van der Waals surface area contributed by atoms with E-state index in [1.807, 2.05) is 0 Å². The Bertz CT molecular complexity index is 1100. The molecule has 2 aromatic rings. The van der Waals surface area contributed by atoms with Crippen molar-refractivity contribution in [2.75, 3.05) is 31.1 Å². The number of methoxy groups -OCH3 is 1. The zero-order valence-electron chi connectivity index (χ0n) is 17.2. The summed E-state index contributed by atoms with van der Waals surface area (Å²) in [6.45, 7) is 0.276. The summed E-state index contributed by atoms with van der Waals surface area (Å²) in [6.07, 6.45) is 1.58. The molecule has 0 unspecified atom stereocenters. The van der Waals surface area contributed by atoms with Gasteiger partial charge in [0, 0.05) is 25.3 Å². The number of non-ortho nitro benzene ring substituents is 1. The van der Waals surface area contributed by atoms with Crippen LogP contribution in [-0.4, -0.2) is 52.2 Å². The third-order valence-electron chi connectivity index (χ3n) is 4.89. The summed E-state index contributed by atoms with van der Waals surface area (Å²) in [6, 6.07) is 9.33. The van der Waals surface area contributed by atoms with Crippen LogP contribution in [0, 0.1) is 10.1 Å². The number of hydrogen-bond acceptors (Lipinski definition) is 7. The fourth-order valence-electron chi connectivity index (χ4n) is 3.28. The number of para-hydroxylation sites is 2. The van der Waals surface area contributed by atoms with Crippen LogP contribution in [0.4, 0.5) is 11.4 Å². The van der Waals surface area contributed by atoms with Gasteiger partial charge in [-0.05, 0) is 31.0 Å². The zero-order chi connectivity index (χ0) is 23.3. The molecule has 1 heterocycles. The number of carbonyl (C=O) groups is 1. The molecule has 1 saturated heterocycles. The lowest BCUT2D eigenvalue weighted by molar-refractivity contribution is -0.385. The van der Waals surface area contributed by atoms with E-state index < -0.39 is 38.0 Å². The first kappa shape index (κ1) is 23.8. The average Bonchev–Trinajstić information content (AvgIpc) is 3.29. The topological polar surface area (TPSA) is 128 Å². The first-order chi connectivity index (χ1) is 15.2. The van der Waals surface area contributed by atoms with E-state index in [4.69, 9.17) is 21.1 Å². The van der Waals surface area contributed by atoms with Crippen molar-refractivity contribution in [3.05, 3.63) is 57.6 Å². The Labute approximate surface area is 190 Å². The van der Waals surface area contributed by atoms with Gasteiger partial charge in [-0.1, -0.05) is 23.7 Å². The predicted molar refractivity (Wildman–Crippen MR) is 118 cm³/mol. The number of amides is 1. The fourth-order valence-corrected chi connectivity index (χ4v) is 5.21. The van der Waals surface area contributed by atoms with Crippen LogP contribution in [0.15, 0.2) is 47.4 Å². The van der Waals surface area contributed by atoms with Gasteiger partial charge in [0.05, 0.1) is 28.8 Å². The summed E-state index contributed by atoms with van der Waals surface area (Å²) in [5, 5.41) is 13.6. The smallest absolute Gasteiger partial charge is 0.270 e. The van der Waals surface area contributed by atoms with E-state index in [1.165, 1.54) is 19.2 Å². The molecule has 1 amide bonds. The van der Waals surface area contributed by atoms with Crippen LogP contribution in [0.25, 0.3) is 0 Å². The highest BCUT2D eigenvalue weighted by Gasteiger charge is 2.32. The van der Waals surface area contributed by atoms with Gasteiger partial charge in [0.25, 0.3) is 15.7 Å². The largest absolute Gasteiger partial charge is 0.495 e. The molecule has 172 valence electrons. The minimum absolute atomic E-state index is 0.0878. The molecule has 2 aromatic carbocycles. The Morgan fingerprint density at radius 3 is 2.75 bits per heavy atom. The molecular weight excluding hydrogens is 462 g/mol. The van der Waals surface area contributed by atoms with Gasteiger partial charge in [0.15, 0.2) is 0 Å². The summed E-state index contributed by atoms with van der Waals surface area (Å²) in [4.78, 5) is 22.6. The van der Waals surface area contributed by atoms with Crippen molar-refractivity contribution < 1.29 is 27.6 Å². The molecule has 32 heavy (non-hydrogen) atoms. The van der Waals surface area contributed by atoms with Crippen molar-refractivity contribution in [3.8, 4) is 5.75 Å². The SMILES string of the molecule is COc1ccccc1N(CC(=O)NC[C@H]1CCCO1)S(=O)(=O)c1cc([N+](=O)[O-])ccc1Cl. The Kier molecular flexibility index (Phi) is 7.54. The lowest BCUT2D eigenvalue weighted by atomic mass is 10.2. The van der Waals surface area contributed by atoms with Crippen LogP contribution in [-0.2, 0) is 19.6 Å². The number of nitrogens with one attached hydrogen (secondary N) is 1. The monoisotopic (exact) mass is 483 g/mol. The van der Waals surface area contributed by atoms with Crippen LogP contribution in [0.3, 0.4) is 0 Å². The second kappa shape index (κ2) is 10.2. The number of anilines is 1. The molecule has 1 atom stereocenters. The number of nitrogens with zero attached hydrogens (tertiary/aromatic N) is 2. The molecular formula is C20H22ClN3O7S. The van der Waals surface area contributed by atoms with Gasteiger partial charge >= 0.3 is 0 Å². The van der Waals surface area contributed by atoms with E-state index in [-0.39, 0.29) is 29.1 Å². The number of rotatable bonds is 9. The number of carbonyl (C=O) groups excluding carboxylic acids is 1. The van der Waals surface area contributed by atoms with Gasteiger partial charge in [0.2, 0.25) is 5.91 Å². The van der Waals surface area contributed by atoms with E-state index in [9.17, 15) is 23.3 Å². The normalized spacial score (nSPS) is 15.9. The van der Waals surface area contributed by atoms with Gasteiger partial charge in [-0.25, -0.2) is 8.42 Å². The predicted octanol–water partition coefficient (Wildman–Crippen LogP) is 2.75. The Hall–Kier alpha value is -2.89. The number of benzene rings is 2. The molecule has 0 bridgehead atoms. The van der Waals surface area contributed by atoms with Crippen LogP contribution in [0.2, 0.25) is 5.02 Å². The second-order valence-electron chi connectivity index (χ2n) is 6.99. The highest BCUT2D eigenvalue weighted by Crippen LogP contribution is 2.35. The second-order valence-corrected chi connectivity index (χ2v) is 9.23. The van der Waals surface area contributed by atoms with Gasteiger partial charge in [-0.15, -0.1) is 0 Å². The van der Waals surface area contributed by atoms with Crippen LogP contribution >= 0.6 is 11.6 Å². The third kappa shape index (κ3) is 5.29. The van der Waals surface area contributed by atoms with Gasteiger partial charge in [-0.3, -0.25) is 19.2 Å². The number of halogens is 1. The summed E-state index contributed by atoms with van der Waals surface area (Å²) in [5.74, 6) is -0.374. The number of ether oxygens (including phenoxy) is 2. The molecule has 1 aliphatic heterocycles. The van der Waals surface area contributed by atoms with Crippen molar-refractivity contribution in [3.63, 3.8) is 0 Å². The van der Waals surface area contributed by atoms with E-state index in [0.29, 0.717) is 6.61 Å². The summed E-state index contributed by atoms with van der Waals surface area (Å²) in [7, 11) is -3.12. The van der Waals surface area contributed by atoms with Crippen molar-refractivity contribution in [2.24, 2.45) is 0 Å². The van der Waals surface area contributed by atoms with E-state index >= 15 is 0 Å². The molecule has 0 spiro atoms. The third-order valence-corrected chi connectivity index (χ3v) is 7.13. The lowest BCUT2D eigenvalue weighted by Gasteiger charge is -2.26. The van der Waals surface area contributed by atoms with Crippen LogP contribution < -0.4 is 14.4 Å². The standard InChI is InChI=1S/C20H22ClN3O7S/c1-30-18-7-3-2-6-17(18)23(13-20(25)22-12-15-5-4-10-31-15)32(28,29)19-11-14(24(26)27)8-9-16(19)21/h2-3,6-9,11,15H,4-5,10,12-13H2,1H3,(H,22,25)/t15-/m1/s1. The highest BCUT2D eigenvalue weighted by atomic mass is 35.5. The number of nitro groups is 1. The molecule has 0 aliphatic carbocycles. The minimum atomic E-state index is -4.48. The molecule has 0 radical (unpaired) electrons. The van der Waals surface area contributed by atoms with Crippen LogP contribution in [0.5, 0.6) is 5.75 Å².